The third-order valence-corrected chi connectivity index (χ3v) is 3.73. The summed E-state index contributed by atoms with van der Waals surface area (Å²) >= 11 is 11.7. The first kappa shape index (κ1) is 14.6. The maximum absolute atomic E-state index is 12.0. The zero-order valence-electron chi connectivity index (χ0n) is 10.8. The van der Waals surface area contributed by atoms with Crippen LogP contribution >= 0.6 is 23.2 Å². The number of nitrogens with zero attached hydrogens (tertiary/aromatic N) is 2. The van der Waals surface area contributed by atoms with E-state index in [-0.39, 0.29) is 11.1 Å². The second-order valence-corrected chi connectivity index (χ2v) is 5.40. The van der Waals surface area contributed by atoms with Crippen molar-refractivity contribution >= 4 is 29.1 Å². The van der Waals surface area contributed by atoms with Crippen LogP contribution in [0.4, 0.5) is 0 Å². The molecule has 104 valence electrons. The lowest BCUT2D eigenvalue weighted by molar-refractivity contribution is 0.0948. The molecular weight excluding hydrogens is 285 g/mol. The van der Waals surface area contributed by atoms with Crippen LogP contribution in [-0.2, 0) is 0 Å². The number of rotatable bonds is 6. The average Bonchev–Trinajstić information content (AvgIpc) is 3.21. The van der Waals surface area contributed by atoms with E-state index >= 15 is 0 Å². The predicted molar refractivity (Wildman–Crippen MR) is 76.9 cm³/mol. The highest BCUT2D eigenvalue weighted by molar-refractivity contribution is 6.35. The number of hydrogen-bond donors (Lipinski definition) is 1. The number of likely N-dealkylation sites (N-methyl/N-ethyl adjacent to an activating group) is 1. The molecule has 1 N–H and O–H groups in total. The van der Waals surface area contributed by atoms with Gasteiger partial charge in [0.15, 0.2) is 0 Å². The van der Waals surface area contributed by atoms with Gasteiger partial charge in [0.05, 0.1) is 10.6 Å². The zero-order chi connectivity index (χ0) is 13.8. The highest BCUT2D eigenvalue weighted by atomic mass is 35.5. The Kier molecular flexibility index (Phi) is 5.02. The minimum absolute atomic E-state index is 0.207. The van der Waals surface area contributed by atoms with Crippen molar-refractivity contribution in [3.8, 4) is 0 Å². The summed E-state index contributed by atoms with van der Waals surface area (Å²) in [6, 6.07) is 2.19. The molecule has 0 radical (unpaired) electrons. The molecule has 0 atom stereocenters. The van der Waals surface area contributed by atoms with E-state index in [1.165, 1.54) is 25.1 Å². The molecule has 0 bridgehead atoms. The largest absolute Gasteiger partial charge is 0.351 e. The number of hydrogen-bond acceptors (Lipinski definition) is 3. The monoisotopic (exact) mass is 301 g/mol. The Balaban J connectivity index is 1.85. The molecule has 1 aromatic heterocycles. The lowest BCUT2D eigenvalue weighted by Gasteiger charge is -2.19. The zero-order valence-corrected chi connectivity index (χ0v) is 12.3. The van der Waals surface area contributed by atoms with Crippen molar-refractivity contribution in [1.29, 1.82) is 0 Å². The Bertz CT molecular complexity index is 463. The maximum atomic E-state index is 12.0. The van der Waals surface area contributed by atoms with Gasteiger partial charge in [-0.25, -0.2) is 4.98 Å². The van der Waals surface area contributed by atoms with Crippen molar-refractivity contribution in [2.24, 2.45) is 0 Å². The van der Waals surface area contributed by atoms with E-state index in [1.807, 2.05) is 0 Å². The van der Waals surface area contributed by atoms with Crippen molar-refractivity contribution < 1.29 is 4.79 Å². The van der Waals surface area contributed by atoms with E-state index < -0.39 is 0 Å². The van der Waals surface area contributed by atoms with Crippen LogP contribution in [0.5, 0.6) is 0 Å². The highest BCUT2D eigenvalue weighted by Gasteiger charge is 2.27. The van der Waals surface area contributed by atoms with Crippen LogP contribution < -0.4 is 5.32 Å². The fourth-order valence-electron chi connectivity index (χ4n) is 2.03. The highest BCUT2D eigenvalue weighted by Crippen LogP contribution is 2.25. The van der Waals surface area contributed by atoms with E-state index in [1.54, 1.807) is 0 Å². The summed E-state index contributed by atoms with van der Waals surface area (Å²) in [6.07, 6.45) is 3.93. The fraction of sp³-hybridized carbons (Fsp3) is 0.538. The van der Waals surface area contributed by atoms with E-state index in [2.05, 4.69) is 22.1 Å². The van der Waals surface area contributed by atoms with Gasteiger partial charge in [-0.15, -0.1) is 0 Å². The summed E-state index contributed by atoms with van der Waals surface area (Å²) in [6.45, 7) is 4.63. The van der Waals surface area contributed by atoms with Crippen LogP contribution in [0.15, 0.2) is 12.3 Å². The first-order valence-corrected chi connectivity index (χ1v) is 7.20. The molecule has 2 rings (SSSR count). The molecular formula is C13H17Cl2N3O. The number of nitrogens with one attached hydrogen (secondary N) is 1. The van der Waals surface area contributed by atoms with Gasteiger partial charge in [-0.2, -0.15) is 0 Å². The Morgan fingerprint density at radius 1 is 1.53 bits per heavy atom. The third kappa shape index (κ3) is 4.06. The fourth-order valence-corrected chi connectivity index (χ4v) is 2.38. The lowest BCUT2D eigenvalue weighted by atomic mass is 10.2. The molecule has 1 aromatic rings. The lowest BCUT2D eigenvalue weighted by Crippen LogP contribution is -2.36. The molecule has 0 unspecified atom stereocenters. The van der Waals surface area contributed by atoms with E-state index in [0.717, 1.165) is 13.1 Å². The molecule has 6 heteroatoms. The standard InChI is InChI=1S/C13H17Cl2N3O/c1-2-18(9-3-4-9)6-5-16-13(19)10-7-12(15)17-8-11(10)14/h7-9H,2-6H2,1H3,(H,16,19). The number of carbonyl (C=O) groups excluding carboxylic acids is 1. The summed E-state index contributed by atoms with van der Waals surface area (Å²) in [5.74, 6) is -0.207. The Morgan fingerprint density at radius 3 is 2.89 bits per heavy atom. The maximum Gasteiger partial charge on any atom is 0.253 e. The van der Waals surface area contributed by atoms with Gasteiger partial charge in [-0.05, 0) is 25.5 Å². The minimum Gasteiger partial charge on any atom is -0.351 e. The van der Waals surface area contributed by atoms with Gasteiger partial charge >= 0.3 is 0 Å². The van der Waals surface area contributed by atoms with Gasteiger partial charge in [-0.1, -0.05) is 30.1 Å². The van der Waals surface area contributed by atoms with Crippen LogP contribution in [0.1, 0.15) is 30.1 Å². The summed E-state index contributed by atoms with van der Waals surface area (Å²) in [4.78, 5) is 18.2. The first-order chi connectivity index (χ1) is 9.11. The van der Waals surface area contributed by atoms with E-state index in [4.69, 9.17) is 23.2 Å². The predicted octanol–water partition coefficient (Wildman–Crippen LogP) is 2.60. The van der Waals surface area contributed by atoms with Crippen molar-refractivity contribution in [2.45, 2.75) is 25.8 Å². The molecule has 1 fully saturated rings. The quantitative estimate of drug-likeness (QED) is 0.822. The number of pyridine rings is 1. The van der Waals surface area contributed by atoms with Gasteiger partial charge in [0.25, 0.3) is 5.91 Å². The summed E-state index contributed by atoms with van der Waals surface area (Å²) < 4.78 is 0. The van der Waals surface area contributed by atoms with E-state index in [9.17, 15) is 4.79 Å². The smallest absolute Gasteiger partial charge is 0.253 e. The molecule has 1 aliphatic carbocycles. The number of carbonyl (C=O) groups is 1. The minimum atomic E-state index is -0.207. The normalized spacial score (nSPS) is 14.7. The van der Waals surface area contributed by atoms with Crippen molar-refractivity contribution in [3.63, 3.8) is 0 Å². The SMILES string of the molecule is CCN(CCNC(=O)c1cc(Cl)ncc1Cl)C1CC1. The molecule has 1 saturated carbocycles. The first-order valence-electron chi connectivity index (χ1n) is 6.45. The molecule has 1 aliphatic rings. The van der Waals surface area contributed by atoms with Gasteiger partial charge in [0.2, 0.25) is 0 Å². The summed E-state index contributed by atoms with van der Waals surface area (Å²) in [5, 5.41) is 3.45. The molecule has 0 spiro atoms. The van der Waals surface area contributed by atoms with Gasteiger partial charge in [0, 0.05) is 25.3 Å². The summed E-state index contributed by atoms with van der Waals surface area (Å²) in [7, 11) is 0. The average molecular weight is 302 g/mol. The van der Waals surface area contributed by atoms with Gasteiger partial charge in [0.1, 0.15) is 5.15 Å². The Hall–Kier alpha value is -0.840. The van der Waals surface area contributed by atoms with Crippen LogP contribution in [-0.4, -0.2) is 41.5 Å². The molecule has 0 aliphatic heterocycles. The van der Waals surface area contributed by atoms with Crippen LogP contribution in [0.25, 0.3) is 0 Å². The molecule has 19 heavy (non-hydrogen) atoms. The van der Waals surface area contributed by atoms with Crippen molar-refractivity contribution in [3.05, 3.63) is 28.0 Å². The Labute approximate surface area is 123 Å². The van der Waals surface area contributed by atoms with Gasteiger partial charge in [-0.3, -0.25) is 9.69 Å². The Morgan fingerprint density at radius 2 is 2.26 bits per heavy atom. The van der Waals surface area contributed by atoms with Crippen LogP contribution in [0, 0.1) is 0 Å². The second kappa shape index (κ2) is 6.55. The number of aromatic nitrogens is 1. The molecule has 0 saturated heterocycles. The van der Waals surface area contributed by atoms with Crippen molar-refractivity contribution in [2.75, 3.05) is 19.6 Å². The van der Waals surface area contributed by atoms with Crippen molar-refractivity contribution in [1.82, 2.24) is 15.2 Å². The van der Waals surface area contributed by atoms with Crippen LogP contribution in [0.3, 0.4) is 0 Å². The van der Waals surface area contributed by atoms with E-state index in [0.29, 0.717) is 23.2 Å². The molecule has 0 aromatic carbocycles. The molecule has 1 amide bonds. The molecule has 1 heterocycles. The number of halogens is 2. The van der Waals surface area contributed by atoms with Crippen LogP contribution in [0.2, 0.25) is 10.2 Å². The molecule has 4 nitrogen and oxygen atoms in total. The summed E-state index contributed by atoms with van der Waals surface area (Å²) in [5.41, 5.74) is 0.371. The van der Waals surface area contributed by atoms with Gasteiger partial charge < -0.3 is 5.32 Å². The number of amides is 1. The third-order valence-electron chi connectivity index (χ3n) is 3.22. The second-order valence-electron chi connectivity index (χ2n) is 4.60. The topological polar surface area (TPSA) is 45.2 Å².